The summed E-state index contributed by atoms with van der Waals surface area (Å²) in [6.07, 6.45) is 5.43. The van der Waals surface area contributed by atoms with E-state index in [0.29, 0.717) is 12.6 Å². The molecule has 0 aliphatic carbocycles. The van der Waals surface area contributed by atoms with Gasteiger partial charge in [-0.25, -0.2) is 19.3 Å². The van der Waals surface area contributed by atoms with Crippen molar-refractivity contribution in [2.24, 2.45) is 0 Å². The minimum absolute atomic E-state index is 0.225. The van der Waals surface area contributed by atoms with Gasteiger partial charge in [0, 0.05) is 41.8 Å². The average Bonchev–Trinajstić information content (AvgIpc) is 3.43. The number of halogens is 1. The Morgan fingerprint density at radius 1 is 1.06 bits per heavy atom. The van der Waals surface area contributed by atoms with Gasteiger partial charge in [0.25, 0.3) is 0 Å². The molecule has 1 N–H and O–H groups in total. The Morgan fingerprint density at radius 2 is 1.87 bits per heavy atom. The van der Waals surface area contributed by atoms with Gasteiger partial charge < -0.3 is 14.6 Å². The highest BCUT2D eigenvalue weighted by Gasteiger charge is 2.08. The summed E-state index contributed by atoms with van der Waals surface area (Å²) in [7, 11) is 1.53. The molecule has 0 bridgehead atoms. The van der Waals surface area contributed by atoms with E-state index in [1.165, 1.54) is 30.6 Å². The molecule has 3 aromatic heterocycles. The normalized spacial score (nSPS) is 11.0. The molecule has 5 rings (SSSR count). The van der Waals surface area contributed by atoms with E-state index in [1.807, 2.05) is 29.8 Å². The SMILES string of the molecule is COc1ncc(-c2csc(Nc3ccc4ccn(Cc5ccc(F)cc5)c4c3)n2)cn1. The van der Waals surface area contributed by atoms with Crippen molar-refractivity contribution in [3.8, 4) is 17.3 Å². The predicted octanol–water partition coefficient (Wildman–Crippen LogP) is 5.49. The summed E-state index contributed by atoms with van der Waals surface area (Å²) in [5, 5.41) is 7.26. The molecule has 0 spiro atoms. The van der Waals surface area contributed by atoms with Crippen molar-refractivity contribution < 1.29 is 9.13 Å². The fourth-order valence-electron chi connectivity index (χ4n) is 3.33. The van der Waals surface area contributed by atoms with Gasteiger partial charge in [0.2, 0.25) is 0 Å². The van der Waals surface area contributed by atoms with E-state index in [0.717, 1.165) is 38.5 Å². The molecular formula is C23H18FN5OS. The maximum Gasteiger partial charge on any atom is 0.316 e. The van der Waals surface area contributed by atoms with E-state index >= 15 is 0 Å². The molecule has 0 radical (unpaired) electrons. The molecule has 0 atom stereocenters. The van der Waals surface area contributed by atoms with Gasteiger partial charge in [-0.2, -0.15) is 0 Å². The number of aromatic nitrogens is 4. The quantitative estimate of drug-likeness (QED) is 0.385. The van der Waals surface area contributed by atoms with Gasteiger partial charge in [-0.1, -0.05) is 18.2 Å². The summed E-state index contributed by atoms with van der Waals surface area (Å²) >= 11 is 1.51. The minimum atomic E-state index is -0.225. The van der Waals surface area contributed by atoms with Crippen molar-refractivity contribution >= 4 is 33.1 Å². The lowest BCUT2D eigenvalue weighted by Crippen LogP contribution is -1.98. The lowest BCUT2D eigenvalue weighted by atomic mass is 10.2. The van der Waals surface area contributed by atoms with E-state index in [9.17, 15) is 4.39 Å². The van der Waals surface area contributed by atoms with Crippen LogP contribution in [0.25, 0.3) is 22.2 Å². The minimum Gasteiger partial charge on any atom is -0.467 e. The van der Waals surface area contributed by atoms with E-state index < -0.39 is 0 Å². The number of nitrogens with zero attached hydrogens (tertiary/aromatic N) is 4. The van der Waals surface area contributed by atoms with Crippen molar-refractivity contribution in [3.05, 3.63) is 83.9 Å². The fraction of sp³-hybridized carbons (Fsp3) is 0.0870. The van der Waals surface area contributed by atoms with Crippen molar-refractivity contribution in [3.63, 3.8) is 0 Å². The summed E-state index contributed by atoms with van der Waals surface area (Å²) in [5.41, 5.74) is 4.71. The number of nitrogens with one attached hydrogen (secondary N) is 1. The van der Waals surface area contributed by atoms with Crippen molar-refractivity contribution in [1.82, 2.24) is 19.5 Å². The van der Waals surface area contributed by atoms with E-state index in [2.05, 4.69) is 43.0 Å². The molecule has 31 heavy (non-hydrogen) atoms. The molecule has 0 fully saturated rings. The first kappa shape index (κ1) is 19.2. The second-order valence-corrected chi connectivity index (χ2v) is 7.82. The zero-order valence-corrected chi connectivity index (χ0v) is 17.4. The fourth-order valence-corrected chi connectivity index (χ4v) is 4.07. The molecule has 0 amide bonds. The monoisotopic (exact) mass is 431 g/mol. The Labute approximate surface area is 182 Å². The Hall–Kier alpha value is -3.78. The molecular weight excluding hydrogens is 413 g/mol. The van der Waals surface area contributed by atoms with Gasteiger partial charge in [-0.05, 0) is 41.3 Å². The van der Waals surface area contributed by atoms with Crippen LogP contribution >= 0.6 is 11.3 Å². The summed E-state index contributed by atoms with van der Waals surface area (Å²) in [5.74, 6) is -0.225. The number of anilines is 2. The average molecular weight is 431 g/mol. The molecule has 6 nitrogen and oxygen atoms in total. The summed E-state index contributed by atoms with van der Waals surface area (Å²) in [6, 6.07) is 15.2. The van der Waals surface area contributed by atoms with Crippen LogP contribution in [0.15, 0.2) is 72.5 Å². The largest absolute Gasteiger partial charge is 0.467 e. The zero-order chi connectivity index (χ0) is 21.2. The predicted molar refractivity (Wildman–Crippen MR) is 120 cm³/mol. The molecule has 5 aromatic rings. The Bertz CT molecular complexity index is 1330. The van der Waals surface area contributed by atoms with Gasteiger partial charge in [0.1, 0.15) is 5.82 Å². The molecule has 0 aliphatic heterocycles. The Balaban J connectivity index is 1.37. The van der Waals surface area contributed by atoms with Crippen LogP contribution in [0.3, 0.4) is 0 Å². The van der Waals surface area contributed by atoms with Crippen LogP contribution in [0.4, 0.5) is 15.2 Å². The van der Waals surface area contributed by atoms with Crippen LogP contribution in [0.1, 0.15) is 5.56 Å². The summed E-state index contributed by atoms with van der Waals surface area (Å²) in [6.45, 7) is 0.673. The molecule has 0 unspecified atom stereocenters. The molecule has 3 heterocycles. The van der Waals surface area contributed by atoms with Crippen LogP contribution in [-0.4, -0.2) is 26.6 Å². The first-order chi connectivity index (χ1) is 15.2. The summed E-state index contributed by atoms with van der Waals surface area (Å²) < 4.78 is 20.3. The van der Waals surface area contributed by atoms with Crippen LogP contribution in [0.5, 0.6) is 6.01 Å². The van der Waals surface area contributed by atoms with Crippen LogP contribution in [-0.2, 0) is 6.54 Å². The van der Waals surface area contributed by atoms with Crippen LogP contribution in [0, 0.1) is 5.82 Å². The molecule has 2 aromatic carbocycles. The van der Waals surface area contributed by atoms with E-state index in [4.69, 9.17) is 4.74 Å². The van der Waals surface area contributed by atoms with Gasteiger partial charge in [-0.3, -0.25) is 0 Å². The standard InChI is InChI=1S/C23H18FN5OS/c1-30-22-25-11-17(12-26-22)20-14-31-23(28-20)27-19-7-4-16-8-9-29(21(16)10-19)13-15-2-5-18(24)6-3-15/h2-12,14H,13H2,1H3,(H,27,28). The van der Waals surface area contributed by atoms with Crippen molar-refractivity contribution in [2.45, 2.75) is 6.54 Å². The third-order valence-electron chi connectivity index (χ3n) is 4.90. The lowest BCUT2D eigenvalue weighted by molar-refractivity contribution is 0.380. The second kappa shape index (κ2) is 8.16. The topological polar surface area (TPSA) is 64.9 Å². The highest BCUT2D eigenvalue weighted by atomic mass is 32.1. The number of thiazole rings is 1. The van der Waals surface area contributed by atoms with Crippen LogP contribution < -0.4 is 10.1 Å². The second-order valence-electron chi connectivity index (χ2n) is 6.97. The molecule has 8 heteroatoms. The van der Waals surface area contributed by atoms with Crippen molar-refractivity contribution in [2.75, 3.05) is 12.4 Å². The molecule has 154 valence electrons. The van der Waals surface area contributed by atoms with E-state index in [1.54, 1.807) is 12.4 Å². The van der Waals surface area contributed by atoms with Gasteiger partial charge >= 0.3 is 6.01 Å². The number of rotatable bonds is 6. The highest BCUT2D eigenvalue weighted by molar-refractivity contribution is 7.14. The van der Waals surface area contributed by atoms with Crippen molar-refractivity contribution in [1.29, 1.82) is 0 Å². The highest BCUT2D eigenvalue weighted by Crippen LogP contribution is 2.29. The number of fused-ring (bicyclic) bond motifs is 1. The van der Waals surface area contributed by atoms with Gasteiger partial charge in [-0.15, -0.1) is 11.3 Å². The number of hydrogen-bond donors (Lipinski definition) is 1. The number of ether oxygens (including phenoxy) is 1. The first-order valence-electron chi connectivity index (χ1n) is 9.60. The maximum atomic E-state index is 13.2. The third-order valence-corrected chi connectivity index (χ3v) is 5.66. The number of benzene rings is 2. The van der Waals surface area contributed by atoms with Crippen LogP contribution in [0.2, 0.25) is 0 Å². The molecule has 0 aliphatic rings. The Kier molecular flexibility index (Phi) is 5.05. The lowest BCUT2D eigenvalue weighted by Gasteiger charge is -2.08. The van der Waals surface area contributed by atoms with Gasteiger partial charge in [0.05, 0.1) is 18.3 Å². The zero-order valence-electron chi connectivity index (χ0n) is 16.6. The third kappa shape index (κ3) is 4.10. The Morgan fingerprint density at radius 3 is 2.65 bits per heavy atom. The maximum absolute atomic E-state index is 13.2. The number of hydrogen-bond acceptors (Lipinski definition) is 6. The number of methoxy groups -OCH3 is 1. The van der Waals surface area contributed by atoms with E-state index in [-0.39, 0.29) is 5.82 Å². The first-order valence-corrected chi connectivity index (χ1v) is 10.5. The van der Waals surface area contributed by atoms with Gasteiger partial charge in [0.15, 0.2) is 5.13 Å². The summed E-state index contributed by atoms with van der Waals surface area (Å²) in [4.78, 5) is 12.9. The molecule has 0 saturated heterocycles. The smallest absolute Gasteiger partial charge is 0.316 e. The molecule has 0 saturated carbocycles.